The van der Waals surface area contributed by atoms with Gasteiger partial charge in [0.25, 0.3) is 0 Å². The largest absolute Gasteiger partial charge is 0.454 e. The second kappa shape index (κ2) is 5.08. The summed E-state index contributed by atoms with van der Waals surface area (Å²) in [5.41, 5.74) is 1.29. The van der Waals surface area contributed by atoms with Gasteiger partial charge in [-0.1, -0.05) is 24.3 Å². The fraction of sp³-hybridized carbons (Fsp3) is 0. The second-order valence-electron chi connectivity index (χ2n) is 5.21. The van der Waals surface area contributed by atoms with Crippen molar-refractivity contribution in [2.24, 2.45) is 0 Å². The molecule has 0 N–H and O–H groups in total. The first-order valence-electron chi connectivity index (χ1n) is 7.08. The van der Waals surface area contributed by atoms with Gasteiger partial charge in [0.15, 0.2) is 11.2 Å². The summed E-state index contributed by atoms with van der Waals surface area (Å²) in [6.07, 6.45) is 1.76. The summed E-state index contributed by atoms with van der Waals surface area (Å²) in [5.74, 6) is 0.415. The Kier molecular flexibility index (Phi) is 2.92. The molecule has 2 aromatic heterocycles. The molecule has 0 aliphatic heterocycles. The van der Waals surface area contributed by atoms with Crippen LogP contribution < -0.4 is 5.43 Å². The van der Waals surface area contributed by atoms with Gasteiger partial charge in [0.05, 0.1) is 17.0 Å². The molecule has 0 saturated heterocycles. The lowest BCUT2D eigenvalue weighted by Crippen LogP contribution is -2.01. The van der Waals surface area contributed by atoms with Crippen molar-refractivity contribution in [1.29, 1.82) is 5.26 Å². The maximum Gasteiger partial charge on any atom is 0.193 e. The van der Waals surface area contributed by atoms with E-state index in [1.807, 2.05) is 36.4 Å². The first-order chi connectivity index (χ1) is 11.2. The molecule has 108 valence electrons. The number of rotatable bonds is 1. The predicted octanol–water partition coefficient (Wildman–Crippen LogP) is 3.88. The van der Waals surface area contributed by atoms with Gasteiger partial charge in [0.1, 0.15) is 11.3 Å². The molecule has 2 aromatic carbocycles. The molecule has 4 rings (SSSR count). The number of benzene rings is 2. The van der Waals surface area contributed by atoms with E-state index in [2.05, 4.69) is 4.98 Å². The molecule has 0 aliphatic carbocycles. The Morgan fingerprint density at radius 1 is 1.00 bits per heavy atom. The minimum absolute atomic E-state index is 0.187. The lowest BCUT2D eigenvalue weighted by atomic mass is 10.1. The quantitative estimate of drug-likeness (QED) is 0.535. The summed E-state index contributed by atoms with van der Waals surface area (Å²) in [5, 5.41) is 11.4. The minimum atomic E-state index is -0.187. The summed E-state index contributed by atoms with van der Waals surface area (Å²) in [6, 6.07) is 18.0. The Hall–Kier alpha value is -3.45. The Morgan fingerprint density at radius 2 is 1.83 bits per heavy atom. The van der Waals surface area contributed by atoms with Gasteiger partial charge in [-0.25, -0.2) is 0 Å². The normalized spacial score (nSPS) is 10.7. The van der Waals surface area contributed by atoms with Crippen LogP contribution in [0.5, 0.6) is 0 Å². The molecule has 4 aromatic rings. The van der Waals surface area contributed by atoms with Crippen molar-refractivity contribution in [3.8, 4) is 17.5 Å². The highest BCUT2D eigenvalue weighted by atomic mass is 16.3. The molecule has 2 heterocycles. The summed E-state index contributed by atoms with van der Waals surface area (Å²) in [6.45, 7) is 0. The summed E-state index contributed by atoms with van der Waals surface area (Å²) in [7, 11) is 0. The van der Waals surface area contributed by atoms with Crippen LogP contribution in [0.2, 0.25) is 0 Å². The van der Waals surface area contributed by atoms with Crippen molar-refractivity contribution < 1.29 is 4.42 Å². The van der Waals surface area contributed by atoms with Crippen molar-refractivity contribution >= 4 is 21.7 Å². The van der Waals surface area contributed by atoms with Gasteiger partial charge in [-0.3, -0.25) is 9.78 Å². The maximum atomic E-state index is 12.3. The fourth-order valence-corrected chi connectivity index (χ4v) is 2.57. The SMILES string of the molecule is N#Cc1ccc2oc(-c3cc4ccccc4cn3)cc(=O)c2c1. The van der Waals surface area contributed by atoms with Gasteiger partial charge in [-0.15, -0.1) is 0 Å². The highest BCUT2D eigenvalue weighted by Crippen LogP contribution is 2.24. The molecule has 4 nitrogen and oxygen atoms in total. The summed E-state index contributed by atoms with van der Waals surface area (Å²) in [4.78, 5) is 16.7. The smallest absolute Gasteiger partial charge is 0.193 e. The zero-order chi connectivity index (χ0) is 15.8. The third kappa shape index (κ3) is 2.25. The number of nitriles is 1. The van der Waals surface area contributed by atoms with E-state index in [4.69, 9.17) is 9.68 Å². The zero-order valence-corrected chi connectivity index (χ0v) is 12.0. The standard InChI is InChI=1S/C19H10N2O2/c20-10-12-5-6-18-15(7-12)17(22)9-19(23-18)16-8-13-3-1-2-4-14(13)11-21-16/h1-9,11H. The number of aromatic nitrogens is 1. The van der Waals surface area contributed by atoms with E-state index >= 15 is 0 Å². The molecule has 0 radical (unpaired) electrons. The van der Waals surface area contributed by atoms with E-state index in [0.29, 0.717) is 28.0 Å². The lowest BCUT2D eigenvalue weighted by molar-refractivity contribution is 0.616. The number of hydrogen-bond donors (Lipinski definition) is 0. The molecule has 23 heavy (non-hydrogen) atoms. The van der Waals surface area contributed by atoms with E-state index in [1.165, 1.54) is 6.07 Å². The summed E-state index contributed by atoms with van der Waals surface area (Å²) < 4.78 is 5.81. The second-order valence-corrected chi connectivity index (χ2v) is 5.21. The van der Waals surface area contributed by atoms with Gasteiger partial charge < -0.3 is 4.42 Å². The maximum absolute atomic E-state index is 12.3. The zero-order valence-electron chi connectivity index (χ0n) is 12.0. The summed E-state index contributed by atoms with van der Waals surface area (Å²) >= 11 is 0. The third-order valence-corrected chi connectivity index (χ3v) is 3.74. The predicted molar refractivity (Wildman–Crippen MR) is 87.9 cm³/mol. The molecule has 0 saturated carbocycles. The van der Waals surface area contributed by atoms with E-state index < -0.39 is 0 Å². The van der Waals surface area contributed by atoms with Crippen LogP contribution in [0.15, 0.2) is 70.0 Å². The first-order valence-corrected chi connectivity index (χ1v) is 7.08. The van der Waals surface area contributed by atoms with E-state index in [-0.39, 0.29) is 5.43 Å². The van der Waals surface area contributed by atoms with E-state index in [9.17, 15) is 4.79 Å². The average Bonchev–Trinajstić information content (AvgIpc) is 2.61. The molecule has 0 unspecified atom stereocenters. The van der Waals surface area contributed by atoms with Gasteiger partial charge in [-0.2, -0.15) is 5.26 Å². The molecule has 0 aliphatic rings. The Labute approximate surface area is 131 Å². The van der Waals surface area contributed by atoms with E-state index in [0.717, 1.165) is 10.8 Å². The first kappa shape index (κ1) is 13.2. The number of fused-ring (bicyclic) bond motifs is 2. The highest BCUT2D eigenvalue weighted by molar-refractivity contribution is 5.85. The van der Waals surface area contributed by atoms with Crippen LogP contribution in [-0.4, -0.2) is 4.98 Å². The average molecular weight is 298 g/mol. The highest BCUT2D eigenvalue weighted by Gasteiger charge is 2.09. The van der Waals surface area contributed by atoms with Crippen LogP contribution in [0.1, 0.15) is 5.56 Å². The molecule has 0 atom stereocenters. The van der Waals surface area contributed by atoms with Crippen LogP contribution in [0.3, 0.4) is 0 Å². The van der Waals surface area contributed by atoms with Gasteiger partial charge in [0.2, 0.25) is 0 Å². The molecule has 4 heteroatoms. The number of hydrogen-bond acceptors (Lipinski definition) is 4. The monoisotopic (exact) mass is 298 g/mol. The number of pyridine rings is 1. The Balaban J connectivity index is 1.94. The van der Waals surface area contributed by atoms with Crippen LogP contribution in [-0.2, 0) is 0 Å². The van der Waals surface area contributed by atoms with Crippen molar-refractivity contribution in [3.63, 3.8) is 0 Å². The van der Waals surface area contributed by atoms with Gasteiger partial charge >= 0.3 is 0 Å². The van der Waals surface area contributed by atoms with Crippen molar-refractivity contribution in [1.82, 2.24) is 4.98 Å². The number of nitrogens with zero attached hydrogens (tertiary/aromatic N) is 2. The molecular weight excluding hydrogens is 288 g/mol. The lowest BCUT2D eigenvalue weighted by Gasteiger charge is -2.04. The molecule has 0 fully saturated rings. The van der Waals surface area contributed by atoms with Crippen LogP contribution in [0.25, 0.3) is 33.2 Å². The van der Waals surface area contributed by atoms with Crippen LogP contribution in [0, 0.1) is 11.3 Å². The van der Waals surface area contributed by atoms with Crippen LogP contribution >= 0.6 is 0 Å². The van der Waals surface area contributed by atoms with Gasteiger partial charge in [-0.05, 0) is 29.7 Å². The fourth-order valence-electron chi connectivity index (χ4n) is 2.57. The van der Waals surface area contributed by atoms with Crippen molar-refractivity contribution in [3.05, 3.63) is 76.6 Å². The van der Waals surface area contributed by atoms with E-state index in [1.54, 1.807) is 24.4 Å². The molecule has 0 spiro atoms. The topological polar surface area (TPSA) is 66.9 Å². The third-order valence-electron chi connectivity index (χ3n) is 3.74. The van der Waals surface area contributed by atoms with Gasteiger partial charge in [0, 0.05) is 17.6 Å². The molecular formula is C19H10N2O2. The molecule has 0 amide bonds. The molecule has 0 bridgehead atoms. The minimum Gasteiger partial charge on any atom is -0.454 e. The Morgan fingerprint density at radius 3 is 2.65 bits per heavy atom. The van der Waals surface area contributed by atoms with Crippen molar-refractivity contribution in [2.45, 2.75) is 0 Å². The van der Waals surface area contributed by atoms with Crippen LogP contribution in [0.4, 0.5) is 0 Å². The van der Waals surface area contributed by atoms with Crippen molar-refractivity contribution in [2.75, 3.05) is 0 Å². The Bertz CT molecular complexity index is 1150.